The summed E-state index contributed by atoms with van der Waals surface area (Å²) >= 11 is 0. The summed E-state index contributed by atoms with van der Waals surface area (Å²) in [5.41, 5.74) is 9.56. The number of Topliss-reactive ketones (excluding diaryl/α,β-unsaturated/α-hetero) is 10. The molecule has 27 nitrogen and oxygen atoms in total. The van der Waals surface area contributed by atoms with Gasteiger partial charge in [-0.15, -0.1) is 0 Å². The first-order chi connectivity index (χ1) is 70.0. The number of nitrogens with one attached hydrogen (secondary N) is 1. The summed E-state index contributed by atoms with van der Waals surface area (Å²) in [7, 11) is 0. The fraction of sp³-hybridized carbons (Fsp3) is 0.566. The summed E-state index contributed by atoms with van der Waals surface area (Å²) in [6, 6.07) is 41.1. The molecule has 0 aliphatic carbocycles. The molecule has 0 fully saturated rings. The predicted molar refractivity (Wildman–Crippen MR) is 582 cm³/mol. The molecule has 27 heteroatoms. The average Bonchev–Trinajstić information content (AvgIpc) is 1.37. The number of ketones is 10. The van der Waals surface area contributed by atoms with Gasteiger partial charge < -0.3 is 56.9 Å². The third kappa shape index (κ3) is 47.2. The van der Waals surface area contributed by atoms with Gasteiger partial charge in [0.15, 0.2) is 87.4 Å². The molecule has 0 saturated heterocycles. The van der Waals surface area contributed by atoms with Crippen LogP contribution >= 0.6 is 0 Å². The van der Waals surface area contributed by atoms with E-state index in [1.54, 1.807) is 48.1 Å². The van der Waals surface area contributed by atoms with Crippen molar-refractivity contribution in [3.8, 4) is 40.5 Å². The lowest BCUT2D eigenvalue weighted by Gasteiger charge is -2.30. The van der Waals surface area contributed by atoms with Crippen LogP contribution < -0.4 is 33.2 Å². The van der Waals surface area contributed by atoms with Crippen LogP contribution in [0.4, 0.5) is 0 Å². The van der Waals surface area contributed by atoms with Crippen molar-refractivity contribution in [2.24, 2.45) is 29.6 Å². The number of rotatable bonds is 58. The monoisotopic (exact) mass is 2070 g/mol. The Bertz CT molecular complexity index is 5340. The molecule has 1 N–H and O–H groups in total. The number of H-pyrrole nitrogens is 1. The van der Waals surface area contributed by atoms with Crippen molar-refractivity contribution in [2.45, 2.75) is 368 Å². The molecule has 0 aliphatic rings. The zero-order valence-electron chi connectivity index (χ0n) is 94.7. The molecule has 7 aromatic rings. The number of ether oxygens (including phenoxy) is 10. The van der Waals surface area contributed by atoms with E-state index in [2.05, 4.69) is 173 Å². The predicted octanol–water partition coefficient (Wildman–Crippen LogP) is 25.1. The van der Waals surface area contributed by atoms with Crippen LogP contribution in [0.15, 0.2) is 140 Å². The fourth-order valence-corrected chi connectivity index (χ4v) is 15.9. The van der Waals surface area contributed by atoms with Gasteiger partial charge in [0.25, 0.3) is 0 Å². The van der Waals surface area contributed by atoms with Gasteiger partial charge in [0, 0.05) is 73.8 Å². The van der Waals surface area contributed by atoms with Crippen molar-refractivity contribution >= 4 is 87.7 Å². The van der Waals surface area contributed by atoms with E-state index in [-0.39, 0.29) is 85.5 Å². The zero-order chi connectivity index (χ0) is 112. The molecule has 2 aromatic heterocycles. The Morgan fingerprint density at radius 3 is 1.05 bits per heavy atom. The van der Waals surface area contributed by atoms with Gasteiger partial charge in [0.1, 0.15) is 28.7 Å². The van der Waals surface area contributed by atoms with Gasteiger partial charge in [-0.05, 0) is 242 Å². The van der Waals surface area contributed by atoms with E-state index >= 15 is 0 Å². The molecule has 0 amide bonds. The van der Waals surface area contributed by atoms with Gasteiger partial charge in [-0.1, -0.05) is 237 Å². The summed E-state index contributed by atoms with van der Waals surface area (Å²) in [5, 5.41) is 0. The molecule has 0 aliphatic heterocycles. The molecule has 5 aromatic carbocycles. The van der Waals surface area contributed by atoms with Crippen LogP contribution in [-0.4, -0.2) is 150 Å². The fourth-order valence-electron chi connectivity index (χ4n) is 15.9. The first-order valence-electron chi connectivity index (χ1n) is 53.1. The Morgan fingerprint density at radius 2 is 0.711 bits per heavy atom. The SMILES string of the molecule is CC(=O)C(C(=O)CCCOc1ccc(C(C)(C)C)cc1)C(=O)Oc1ccc[nH]1.CC(=O)C(C(=O)CCCOc1ccc(C(C)(C)C)cc1)C(=O)Oc1cccn1C(C)C.CCCCCC(CC)c1ccc(OCCCC(=O)C(C(C)=O)C(=O)OCCCC)cc1.CCCCOC(=O)C(C(C)=O)C(=O)CCCOc1c(C(C)(C)C)cc(C)cc1C(C)(C)C.CCOC(=O)C(C(C)=O)C(=O)CCCOc1ccc(C(C)C)cc1C(C)C. The number of carbonyl (C=O) groups excluding carboxylic acids is 15. The molecule has 6 unspecified atom stereocenters. The van der Waals surface area contributed by atoms with E-state index in [9.17, 15) is 71.9 Å². The Labute approximate surface area is 887 Å². The van der Waals surface area contributed by atoms with Gasteiger partial charge in [0.05, 0.1) is 52.9 Å². The number of carbonyl (C=O) groups is 15. The van der Waals surface area contributed by atoms with Crippen molar-refractivity contribution in [2.75, 3.05) is 52.9 Å². The average molecular weight is 2070 g/mol. The summed E-state index contributed by atoms with van der Waals surface area (Å²) in [4.78, 5) is 184. The van der Waals surface area contributed by atoms with Crippen molar-refractivity contribution in [3.63, 3.8) is 0 Å². The van der Waals surface area contributed by atoms with Gasteiger partial charge >= 0.3 is 29.8 Å². The number of hydrogen-bond donors (Lipinski definition) is 1. The molecule has 6 atom stereocenters. The topological polar surface area (TPSA) is 369 Å². The van der Waals surface area contributed by atoms with Crippen molar-refractivity contribution < 1.29 is 119 Å². The quantitative estimate of drug-likeness (QED) is 0.0160. The van der Waals surface area contributed by atoms with Gasteiger partial charge in [-0.2, -0.15) is 0 Å². The lowest BCUT2D eigenvalue weighted by Crippen LogP contribution is -2.34. The summed E-state index contributed by atoms with van der Waals surface area (Å²) in [6.45, 7) is 58.9. The number of esters is 5. The number of aryl methyl sites for hydroxylation is 1. The number of hydrogen-bond acceptors (Lipinski definition) is 25. The molecule has 2 heterocycles. The maximum absolute atomic E-state index is 12.6. The van der Waals surface area contributed by atoms with Gasteiger partial charge in [-0.3, -0.25) is 71.9 Å². The van der Waals surface area contributed by atoms with Gasteiger partial charge in [-0.25, -0.2) is 0 Å². The largest absolute Gasteiger partial charge is 0.494 e. The number of aromatic amines is 1. The standard InChI is InChI=1S/C27H42O5.C26H40O5.C25H33NO5.C22H27NO5.C22H32O5/c1-10-11-14-32-25(30)23(19(3)28)22(29)13-12-15-31-24-20(26(4,5)6)16-18(2)17-21(24)27(7,8)9;1-5-8-10-12-21(7-3)22-14-16-23(17-15-22)30-19-11-13-24(28)25(20(4)27)26(29)31-18-9-6-2;1-17(2)26-15-7-10-22(26)31-24(29)23(18(3)27)21(28)9-8-16-30-20-13-11-19(12-14-20)25(4,5)6;1-15(24)20(21(26)28-19-8-5-13-23-19)18(25)7-6-14-27-17-11-9-16(10-12-17)22(2,3)4;1-7-26-22(25)21(16(6)23)19(24)9-8-12-27-20-11-10-17(14(2)3)13-18(20)15(4)5/h16-17,23H,10-15H2,1-9H3;14-17,21,25H,5-13,18-19H2,1-4H3;7,10-15,17,23H,8-9,16H2,1-6H3;5,8-13,20,23H,6-7,14H2,1-4H3;10-11,13-15,21H,7-9,12H2,1-6H3. The van der Waals surface area contributed by atoms with Crippen molar-refractivity contribution in [3.05, 3.63) is 184 Å². The second-order valence-electron chi connectivity index (χ2n) is 42.8. The maximum Gasteiger partial charge on any atom is 0.330 e. The lowest BCUT2D eigenvalue weighted by molar-refractivity contribution is -0.157. The van der Waals surface area contributed by atoms with E-state index in [0.29, 0.717) is 95.2 Å². The second kappa shape index (κ2) is 66.3. The second-order valence-corrected chi connectivity index (χ2v) is 42.8. The highest BCUT2D eigenvalue weighted by Gasteiger charge is 2.38. The molecular weight excluding hydrogens is 1890 g/mol. The van der Waals surface area contributed by atoms with E-state index in [4.69, 9.17) is 47.4 Å². The Hall–Kier alpha value is -12.3. The van der Waals surface area contributed by atoms with Crippen LogP contribution in [0.3, 0.4) is 0 Å². The van der Waals surface area contributed by atoms with Crippen molar-refractivity contribution in [1.82, 2.24) is 9.55 Å². The molecule has 0 bridgehead atoms. The number of aromatic nitrogens is 2. The first-order valence-corrected chi connectivity index (χ1v) is 53.1. The first kappa shape index (κ1) is 131. The minimum atomic E-state index is -1.42. The van der Waals surface area contributed by atoms with Crippen LogP contribution in [0.1, 0.15) is 384 Å². The van der Waals surface area contributed by atoms with Gasteiger partial charge in [0.2, 0.25) is 11.8 Å². The smallest absolute Gasteiger partial charge is 0.330 e. The normalized spacial score (nSPS) is 12.5. The molecule has 822 valence electrons. The Kier molecular flexibility index (Phi) is 58.2. The van der Waals surface area contributed by atoms with E-state index in [1.807, 2.05) is 94.4 Å². The molecule has 0 radical (unpaired) electrons. The van der Waals surface area contributed by atoms with E-state index in [0.717, 1.165) is 71.1 Å². The van der Waals surface area contributed by atoms with Crippen molar-refractivity contribution in [1.29, 1.82) is 0 Å². The minimum Gasteiger partial charge on any atom is -0.494 e. The third-order valence-corrected chi connectivity index (χ3v) is 24.6. The van der Waals surface area contributed by atoms with Crippen LogP contribution in [0, 0.1) is 36.5 Å². The van der Waals surface area contributed by atoms with Crippen LogP contribution in [0.25, 0.3) is 0 Å². The highest BCUT2D eigenvalue weighted by atomic mass is 16.6. The van der Waals surface area contributed by atoms with E-state index < -0.39 is 117 Å². The number of unbranched alkanes of at least 4 members (excludes halogenated alkanes) is 4. The summed E-state index contributed by atoms with van der Waals surface area (Å²) < 4.78 is 56.4. The molecule has 149 heavy (non-hydrogen) atoms. The minimum absolute atomic E-state index is 0.0597. The number of nitrogens with zero attached hydrogens (tertiary/aromatic N) is 1. The third-order valence-electron chi connectivity index (χ3n) is 24.6. The zero-order valence-corrected chi connectivity index (χ0v) is 94.7. The lowest BCUT2D eigenvalue weighted by atomic mass is 9.78. The maximum atomic E-state index is 12.6. The highest BCUT2D eigenvalue weighted by Crippen LogP contribution is 2.42. The molecule has 7 rings (SSSR count). The van der Waals surface area contributed by atoms with Crippen LogP contribution in [0.2, 0.25) is 0 Å². The Balaban J connectivity index is 0.000000479. The highest BCUT2D eigenvalue weighted by molar-refractivity contribution is 6.19. The Morgan fingerprint density at radius 1 is 0.349 bits per heavy atom. The summed E-state index contributed by atoms with van der Waals surface area (Å²) in [5.74, 6) is -9.54. The van der Waals surface area contributed by atoms with E-state index in [1.165, 1.54) is 88.1 Å². The number of benzene rings is 5. The summed E-state index contributed by atoms with van der Waals surface area (Å²) in [6.07, 6.45) is 15.2. The van der Waals surface area contributed by atoms with Crippen LogP contribution in [-0.2, 0) is 108 Å². The molecular formula is C122H174N2O25. The molecule has 0 spiro atoms. The van der Waals surface area contributed by atoms with Crippen LogP contribution in [0.5, 0.6) is 40.5 Å². The molecule has 0 saturated carbocycles.